The van der Waals surface area contributed by atoms with E-state index in [-0.39, 0.29) is 16.5 Å². The first-order valence-electron chi connectivity index (χ1n) is 11.1. The molecule has 3 aromatic rings. The number of ether oxygens (including phenoxy) is 1. The second-order valence-corrected chi connectivity index (χ2v) is 10.3. The minimum absolute atomic E-state index is 0.196. The van der Waals surface area contributed by atoms with Crippen LogP contribution in [0.2, 0.25) is 0 Å². The lowest BCUT2D eigenvalue weighted by atomic mass is 9.95. The van der Waals surface area contributed by atoms with E-state index in [4.69, 9.17) is 9.84 Å². The average molecular weight is 458 g/mol. The number of nitrogens with one attached hydrogen (secondary N) is 2. The third-order valence-electron chi connectivity index (χ3n) is 6.28. The van der Waals surface area contributed by atoms with E-state index >= 15 is 0 Å². The zero-order valence-electron chi connectivity index (χ0n) is 17.8. The van der Waals surface area contributed by atoms with Gasteiger partial charge in [0.25, 0.3) is 5.56 Å². The normalized spacial score (nSPS) is 18.8. The number of aromatic nitrogens is 3. The fourth-order valence-electron chi connectivity index (χ4n) is 4.57. The zero-order chi connectivity index (χ0) is 22.1. The molecule has 0 bridgehead atoms. The standard InChI is InChI=1S/C22H27N5O4S/c28-22-20-19(10-11-23-22)27(17-4-2-1-3-5-17)25-21(20)24-16-6-8-18(9-7-16)32(29,30)26-12-14-31-15-13-26/h6-11,17H,1-5,12-15H2,(H,23,28)(H,24,25). The molecule has 0 atom stereocenters. The highest BCUT2D eigenvalue weighted by Gasteiger charge is 2.26. The molecule has 1 saturated carbocycles. The van der Waals surface area contributed by atoms with Crippen molar-refractivity contribution in [2.75, 3.05) is 31.6 Å². The summed E-state index contributed by atoms with van der Waals surface area (Å²) in [4.78, 5) is 15.6. The molecule has 2 aliphatic rings. The van der Waals surface area contributed by atoms with Crippen molar-refractivity contribution < 1.29 is 13.2 Å². The SMILES string of the molecule is O=c1[nH]ccc2c1c(Nc1ccc(S(=O)(=O)N3CCOCC3)cc1)nn2C1CCCCC1. The summed E-state index contributed by atoms with van der Waals surface area (Å²) in [5.41, 5.74) is 1.29. The minimum Gasteiger partial charge on any atom is -0.379 e. The number of hydrogen-bond donors (Lipinski definition) is 2. The van der Waals surface area contributed by atoms with Gasteiger partial charge in [-0.15, -0.1) is 0 Å². The number of hydrogen-bond acceptors (Lipinski definition) is 6. The Labute approximate surface area is 186 Å². The third-order valence-corrected chi connectivity index (χ3v) is 8.19. The molecule has 1 aliphatic heterocycles. The van der Waals surface area contributed by atoms with E-state index in [0.717, 1.165) is 31.2 Å². The zero-order valence-corrected chi connectivity index (χ0v) is 18.6. The van der Waals surface area contributed by atoms with Crippen LogP contribution in [-0.4, -0.2) is 53.8 Å². The molecule has 2 aromatic heterocycles. The van der Waals surface area contributed by atoms with Crippen LogP contribution in [0.25, 0.3) is 10.9 Å². The summed E-state index contributed by atoms with van der Waals surface area (Å²) < 4.78 is 34.4. The van der Waals surface area contributed by atoms with Crippen molar-refractivity contribution in [3.05, 3.63) is 46.9 Å². The van der Waals surface area contributed by atoms with Gasteiger partial charge in [-0.3, -0.25) is 9.48 Å². The van der Waals surface area contributed by atoms with Gasteiger partial charge in [-0.25, -0.2) is 8.42 Å². The van der Waals surface area contributed by atoms with Crippen molar-refractivity contribution in [1.29, 1.82) is 0 Å². The Morgan fingerprint density at radius 2 is 1.75 bits per heavy atom. The van der Waals surface area contributed by atoms with E-state index in [2.05, 4.69) is 10.3 Å². The molecule has 0 spiro atoms. The maximum absolute atomic E-state index is 12.8. The number of fused-ring (bicyclic) bond motifs is 1. The maximum atomic E-state index is 12.8. The van der Waals surface area contributed by atoms with E-state index in [1.807, 2.05) is 10.7 Å². The first kappa shape index (κ1) is 21.2. The van der Waals surface area contributed by atoms with Crippen LogP contribution >= 0.6 is 0 Å². The van der Waals surface area contributed by atoms with Crippen molar-refractivity contribution in [1.82, 2.24) is 19.1 Å². The van der Waals surface area contributed by atoms with Gasteiger partial charge in [0.05, 0.1) is 29.7 Å². The first-order chi connectivity index (χ1) is 15.5. The molecule has 32 heavy (non-hydrogen) atoms. The number of anilines is 2. The third kappa shape index (κ3) is 3.94. The Hall–Kier alpha value is -2.69. The van der Waals surface area contributed by atoms with E-state index in [1.54, 1.807) is 30.5 Å². The second kappa shape index (κ2) is 8.68. The predicted molar refractivity (Wildman–Crippen MR) is 122 cm³/mol. The van der Waals surface area contributed by atoms with Crippen LogP contribution in [0.3, 0.4) is 0 Å². The van der Waals surface area contributed by atoms with Gasteiger partial charge in [-0.05, 0) is 43.2 Å². The number of aromatic amines is 1. The Kier molecular flexibility index (Phi) is 5.75. The van der Waals surface area contributed by atoms with Gasteiger partial charge < -0.3 is 15.0 Å². The van der Waals surface area contributed by atoms with Gasteiger partial charge in [0.1, 0.15) is 5.39 Å². The average Bonchev–Trinajstić information content (AvgIpc) is 3.20. The van der Waals surface area contributed by atoms with Crippen molar-refractivity contribution >= 4 is 32.4 Å². The molecule has 3 heterocycles. The van der Waals surface area contributed by atoms with Crippen LogP contribution in [-0.2, 0) is 14.8 Å². The Balaban J connectivity index is 1.44. The lowest BCUT2D eigenvalue weighted by molar-refractivity contribution is 0.0730. The predicted octanol–water partition coefficient (Wildman–Crippen LogP) is 2.99. The molecule has 1 aliphatic carbocycles. The monoisotopic (exact) mass is 457 g/mol. The van der Waals surface area contributed by atoms with Crippen LogP contribution in [0.4, 0.5) is 11.5 Å². The number of nitrogens with zero attached hydrogens (tertiary/aromatic N) is 3. The molecule has 2 N–H and O–H groups in total. The van der Waals surface area contributed by atoms with Crippen molar-refractivity contribution in [3.8, 4) is 0 Å². The largest absolute Gasteiger partial charge is 0.379 e. The van der Waals surface area contributed by atoms with Crippen LogP contribution < -0.4 is 10.9 Å². The summed E-state index contributed by atoms with van der Waals surface area (Å²) >= 11 is 0. The molecule has 5 rings (SSSR count). The number of H-pyrrole nitrogens is 1. The van der Waals surface area contributed by atoms with Crippen LogP contribution in [0.1, 0.15) is 38.1 Å². The first-order valence-corrected chi connectivity index (χ1v) is 12.5. The van der Waals surface area contributed by atoms with Crippen molar-refractivity contribution in [2.45, 2.75) is 43.0 Å². The Morgan fingerprint density at radius 3 is 2.47 bits per heavy atom. The van der Waals surface area contributed by atoms with E-state index in [9.17, 15) is 13.2 Å². The van der Waals surface area contributed by atoms with Crippen LogP contribution in [0, 0.1) is 0 Å². The second-order valence-electron chi connectivity index (χ2n) is 8.32. The quantitative estimate of drug-likeness (QED) is 0.610. The number of morpholine rings is 1. The van der Waals surface area contributed by atoms with Gasteiger partial charge >= 0.3 is 0 Å². The highest BCUT2D eigenvalue weighted by Crippen LogP contribution is 2.33. The van der Waals surface area contributed by atoms with E-state index in [1.165, 1.54) is 10.7 Å². The molecule has 0 amide bonds. The molecule has 10 heteroatoms. The number of sulfonamides is 1. The highest BCUT2D eigenvalue weighted by molar-refractivity contribution is 7.89. The molecule has 2 fully saturated rings. The van der Waals surface area contributed by atoms with Crippen molar-refractivity contribution in [2.24, 2.45) is 0 Å². The number of pyridine rings is 1. The van der Waals surface area contributed by atoms with Gasteiger partial charge in [-0.2, -0.15) is 9.40 Å². The number of rotatable bonds is 5. The Bertz CT molecular complexity index is 1250. The summed E-state index contributed by atoms with van der Waals surface area (Å²) in [6.07, 6.45) is 7.32. The summed E-state index contributed by atoms with van der Waals surface area (Å²) in [5, 5.41) is 8.50. The molecule has 0 radical (unpaired) electrons. The lowest BCUT2D eigenvalue weighted by Gasteiger charge is -2.26. The fourth-order valence-corrected chi connectivity index (χ4v) is 5.98. The van der Waals surface area contributed by atoms with Gasteiger partial charge in [0.15, 0.2) is 5.82 Å². The summed E-state index contributed by atoms with van der Waals surface area (Å²) in [6.45, 7) is 1.53. The summed E-state index contributed by atoms with van der Waals surface area (Å²) in [7, 11) is -3.55. The minimum atomic E-state index is -3.55. The fraction of sp³-hybridized carbons (Fsp3) is 0.455. The van der Waals surface area contributed by atoms with Gasteiger partial charge in [0.2, 0.25) is 10.0 Å². The molecular formula is C22H27N5O4S. The van der Waals surface area contributed by atoms with Crippen LogP contribution in [0.5, 0.6) is 0 Å². The number of benzene rings is 1. The Morgan fingerprint density at radius 1 is 1.03 bits per heavy atom. The summed E-state index contributed by atoms with van der Waals surface area (Å²) in [5.74, 6) is 0.483. The van der Waals surface area contributed by atoms with E-state index < -0.39 is 10.0 Å². The van der Waals surface area contributed by atoms with E-state index in [0.29, 0.717) is 43.2 Å². The molecule has 9 nitrogen and oxygen atoms in total. The lowest BCUT2D eigenvalue weighted by Crippen LogP contribution is -2.40. The molecule has 170 valence electrons. The van der Waals surface area contributed by atoms with Gasteiger partial charge in [-0.1, -0.05) is 19.3 Å². The summed E-state index contributed by atoms with van der Waals surface area (Å²) in [6, 6.07) is 8.74. The molecular weight excluding hydrogens is 430 g/mol. The highest BCUT2D eigenvalue weighted by atomic mass is 32.2. The molecule has 1 aromatic carbocycles. The molecule has 0 unspecified atom stereocenters. The topological polar surface area (TPSA) is 109 Å². The van der Waals surface area contributed by atoms with Crippen molar-refractivity contribution in [3.63, 3.8) is 0 Å². The van der Waals surface area contributed by atoms with Crippen LogP contribution in [0.15, 0.2) is 46.2 Å². The maximum Gasteiger partial charge on any atom is 0.261 e. The van der Waals surface area contributed by atoms with Gasteiger partial charge in [0, 0.05) is 25.0 Å². The molecule has 1 saturated heterocycles. The smallest absolute Gasteiger partial charge is 0.261 e.